The number of nitrogens with one attached hydrogen (secondary N) is 1. The SMILES string of the molecule is COC1CCN(C(=O)NCC(C(=O)O)C(C)C)C1. The van der Waals surface area contributed by atoms with Gasteiger partial charge >= 0.3 is 12.0 Å². The fraction of sp³-hybridized carbons (Fsp3) is 0.833. The molecule has 0 spiro atoms. The maximum atomic E-state index is 11.8. The largest absolute Gasteiger partial charge is 0.481 e. The predicted molar refractivity (Wildman–Crippen MR) is 66.3 cm³/mol. The first-order chi connectivity index (χ1) is 8.45. The average Bonchev–Trinajstić information content (AvgIpc) is 2.76. The number of ether oxygens (including phenoxy) is 1. The average molecular weight is 258 g/mol. The number of carbonyl (C=O) groups excluding carboxylic acids is 1. The molecule has 0 aliphatic carbocycles. The van der Waals surface area contributed by atoms with E-state index < -0.39 is 11.9 Å². The van der Waals surface area contributed by atoms with Crippen LogP contribution in [-0.2, 0) is 9.53 Å². The zero-order valence-electron chi connectivity index (χ0n) is 11.2. The zero-order chi connectivity index (χ0) is 13.7. The smallest absolute Gasteiger partial charge is 0.317 e. The third-order valence-corrected chi connectivity index (χ3v) is 3.36. The van der Waals surface area contributed by atoms with E-state index in [2.05, 4.69) is 5.32 Å². The molecule has 0 aromatic carbocycles. The van der Waals surface area contributed by atoms with Crippen molar-refractivity contribution >= 4 is 12.0 Å². The highest BCUT2D eigenvalue weighted by atomic mass is 16.5. The first kappa shape index (κ1) is 14.8. The van der Waals surface area contributed by atoms with Crippen LogP contribution in [0.25, 0.3) is 0 Å². The molecular formula is C12H22N2O4. The second kappa shape index (κ2) is 6.58. The van der Waals surface area contributed by atoms with Crippen molar-refractivity contribution in [3.63, 3.8) is 0 Å². The number of nitrogens with zero attached hydrogens (tertiary/aromatic N) is 1. The van der Waals surface area contributed by atoms with Crippen molar-refractivity contribution in [2.45, 2.75) is 26.4 Å². The first-order valence-corrected chi connectivity index (χ1v) is 6.24. The molecule has 1 saturated heterocycles. The lowest BCUT2D eigenvalue weighted by atomic mass is 9.96. The Morgan fingerprint density at radius 1 is 1.50 bits per heavy atom. The molecule has 1 aliphatic heterocycles. The summed E-state index contributed by atoms with van der Waals surface area (Å²) in [6.45, 7) is 5.06. The Morgan fingerprint density at radius 2 is 2.17 bits per heavy atom. The first-order valence-electron chi connectivity index (χ1n) is 6.24. The van der Waals surface area contributed by atoms with Crippen LogP contribution in [0.3, 0.4) is 0 Å². The second-order valence-corrected chi connectivity index (χ2v) is 4.97. The number of amides is 2. The normalized spacial score (nSPS) is 21.1. The van der Waals surface area contributed by atoms with Crippen LogP contribution in [0.15, 0.2) is 0 Å². The molecule has 0 aromatic heterocycles. The lowest BCUT2D eigenvalue weighted by molar-refractivity contribution is -0.142. The molecule has 2 atom stereocenters. The molecule has 2 amide bonds. The highest BCUT2D eigenvalue weighted by Gasteiger charge is 2.27. The molecular weight excluding hydrogens is 236 g/mol. The molecule has 6 nitrogen and oxygen atoms in total. The highest BCUT2D eigenvalue weighted by molar-refractivity contribution is 5.76. The van der Waals surface area contributed by atoms with Gasteiger partial charge in [-0.3, -0.25) is 4.79 Å². The van der Waals surface area contributed by atoms with Crippen LogP contribution in [-0.4, -0.2) is 54.9 Å². The standard InChI is InChI=1S/C12H22N2O4/c1-8(2)10(11(15)16)6-13-12(17)14-5-4-9(7-14)18-3/h8-10H,4-7H2,1-3H3,(H,13,17)(H,15,16). The number of aliphatic carboxylic acids is 1. The summed E-state index contributed by atoms with van der Waals surface area (Å²) in [4.78, 5) is 24.5. The minimum Gasteiger partial charge on any atom is -0.481 e. The molecule has 0 aromatic rings. The van der Waals surface area contributed by atoms with Crippen molar-refractivity contribution in [1.29, 1.82) is 0 Å². The van der Waals surface area contributed by atoms with Crippen LogP contribution < -0.4 is 5.32 Å². The number of rotatable bonds is 5. The fourth-order valence-corrected chi connectivity index (χ4v) is 2.02. The lowest BCUT2D eigenvalue weighted by Crippen LogP contribution is -2.43. The number of methoxy groups -OCH3 is 1. The number of carboxylic acids is 1. The monoisotopic (exact) mass is 258 g/mol. The van der Waals surface area contributed by atoms with Gasteiger partial charge in [0.25, 0.3) is 0 Å². The van der Waals surface area contributed by atoms with E-state index in [-0.39, 0.29) is 24.6 Å². The van der Waals surface area contributed by atoms with E-state index in [0.717, 1.165) is 6.42 Å². The van der Waals surface area contributed by atoms with Gasteiger partial charge < -0.3 is 20.1 Å². The van der Waals surface area contributed by atoms with Gasteiger partial charge in [0.05, 0.1) is 12.0 Å². The molecule has 0 radical (unpaired) electrons. The topological polar surface area (TPSA) is 78.9 Å². The summed E-state index contributed by atoms with van der Waals surface area (Å²) in [5.41, 5.74) is 0. The minimum absolute atomic E-state index is 0.00639. The molecule has 1 heterocycles. The van der Waals surface area contributed by atoms with Crippen molar-refractivity contribution in [3.8, 4) is 0 Å². The van der Waals surface area contributed by atoms with Gasteiger partial charge in [-0.05, 0) is 12.3 Å². The molecule has 2 N–H and O–H groups in total. The Kier molecular flexibility index (Phi) is 5.40. The van der Waals surface area contributed by atoms with Gasteiger partial charge in [-0.25, -0.2) is 4.79 Å². The molecule has 0 saturated carbocycles. The Labute approximate surface area is 107 Å². The van der Waals surface area contributed by atoms with Gasteiger partial charge in [-0.15, -0.1) is 0 Å². The van der Waals surface area contributed by atoms with Gasteiger partial charge in [0, 0.05) is 26.7 Å². The van der Waals surface area contributed by atoms with Crippen molar-refractivity contribution in [2.75, 3.05) is 26.7 Å². The van der Waals surface area contributed by atoms with Gasteiger partial charge in [-0.2, -0.15) is 0 Å². The van der Waals surface area contributed by atoms with Crippen LogP contribution >= 0.6 is 0 Å². The summed E-state index contributed by atoms with van der Waals surface area (Å²) in [6, 6.07) is -0.207. The summed E-state index contributed by atoms with van der Waals surface area (Å²) < 4.78 is 5.18. The van der Waals surface area contributed by atoms with E-state index in [1.165, 1.54) is 0 Å². The van der Waals surface area contributed by atoms with E-state index >= 15 is 0 Å². The maximum Gasteiger partial charge on any atom is 0.317 e. The number of carbonyl (C=O) groups is 2. The lowest BCUT2D eigenvalue weighted by Gasteiger charge is -2.20. The second-order valence-electron chi connectivity index (χ2n) is 4.97. The number of hydrogen-bond donors (Lipinski definition) is 2. The Hall–Kier alpha value is -1.30. The quantitative estimate of drug-likeness (QED) is 0.763. The van der Waals surface area contributed by atoms with Crippen molar-refractivity contribution < 1.29 is 19.4 Å². The summed E-state index contributed by atoms with van der Waals surface area (Å²) in [7, 11) is 1.63. The van der Waals surface area contributed by atoms with Gasteiger partial charge in [0.1, 0.15) is 0 Å². The molecule has 18 heavy (non-hydrogen) atoms. The van der Waals surface area contributed by atoms with Crippen molar-refractivity contribution in [2.24, 2.45) is 11.8 Å². The van der Waals surface area contributed by atoms with Gasteiger partial charge in [0.15, 0.2) is 0 Å². The maximum absolute atomic E-state index is 11.8. The fourth-order valence-electron chi connectivity index (χ4n) is 2.02. The number of likely N-dealkylation sites (tertiary alicyclic amines) is 1. The Morgan fingerprint density at radius 3 is 2.61 bits per heavy atom. The summed E-state index contributed by atoms with van der Waals surface area (Å²) in [5.74, 6) is -1.43. The van der Waals surface area contributed by atoms with Crippen LogP contribution in [0.4, 0.5) is 4.79 Å². The van der Waals surface area contributed by atoms with Crippen LogP contribution in [0.5, 0.6) is 0 Å². The number of urea groups is 1. The number of carboxylic acid groups (broad SMARTS) is 1. The van der Waals surface area contributed by atoms with Crippen molar-refractivity contribution in [1.82, 2.24) is 10.2 Å². The van der Waals surface area contributed by atoms with Crippen LogP contribution in [0.1, 0.15) is 20.3 Å². The zero-order valence-corrected chi connectivity index (χ0v) is 11.2. The van der Waals surface area contributed by atoms with Gasteiger partial charge in [-0.1, -0.05) is 13.8 Å². The van der Waals surface area contributed by atoms with E-state index in [1.54, 1.807) is 12.0 Å². The number of hydrogen-bond acceptors (Lipinski definition) is 3. The molecule has 1 aliphatic rings. The summed E-state index contributed by atoms with van der Waals surface area (Å²) >= 11 is 0. The third-order valence-electron chi connectivity index (χ3n) is 3.36. The van der Waals surface area contributed by atoms with E-state index in [1.807, 2.05) is 13.8 Å². The highest BCUT2D eigenvalue weighted by Crippen LogP contribution is 2.13. The predicted octanol–water partition coefficient (Wildman–Crippen LogP) is 0.773. The molecule has 0 bridgehead atoms. The van der Waals surface area contributed by atoms with Crippen molar-refractivity contribution in [3.05, 3.63) is 0 Å². The van der Waals surface area contributed by atoms with E-state index in [9.17, 15) is 9.59 Å². The molecule has 2 unspecified atom stereocenters. The van der Waals surface area contributed by atoms with Crippen LogP contribution in [0, 0.1) is 11.8 Å². The Bertz CT molecular complexity index is 306. The minimum atomic E-state index is -0.874. The van der Waals surface area contributed by atoms with E-state index in [4.69, 9.17) is 9.84 Å². The third kappa shape index (κ3) is 3.87. The molecule has 6 heteroatoms. The summed E-state index contributed by atoms with van der Waals surface area (Å²) in [6.07, 6.45) is 0.923. The summed E-state index contributed by atoms with van der Waals surface area (Å²) in [5, 5.41) is 11.7. The van der Waals surface area contributed by atoms with E-state index in [0.29, 0.717) is 13.1 Å². The molecule has 1 rings (SSSR count). The van der Waals surface area contributed by atoms with Gasteiger partial charge in [0.2, 0.25) is 0 Å². The van der Waals surface area contributed by atoms with Crippen LogP contribution in [0.2, 0.25) is 0 Å². The molecule has 1 fully saturated rings. The Balaban J connectivity index is 2.39. The molecule has 104 valence electrons.